The minimum absolute atomic E-state index is 0.358. The summed E-state index contributed by atoms with van der Waals surface area (Å²) in [5.41, 5.74) is 1.17. The van der Waals surface area contributed by atoms with Crippen LogP contribution in [0.3, 0.4) is 0 Å². The van der Waals surface area contributed by atoms with E-state index in [-0.39, 0.29) is 0 Å². The molecule has 0 bridgehead atoms. The topological polar surface area (TPSA) is 15.3 Å². The molecule has 90 valence electrons. The minimum Gasteiger partial charge on any atom is -0.315 e. The van der Waals surface area contributed by atoms with Crippen LogP contribution in [0.25, 0.3) is 0 Å². The molecule has 2 nitrogen and oxygen atoms in total. The maximum Gasteiger partial charge on any atom is 0.0991 e. The van der Waals surface area contributed by atoms with Crippen LogP contribution in [-0.4, -0.2) is 31.1 Å². The Kier molecular flexibility index (Phi) is 4.50. The molecule has 1 atom stereocenters. The maximum atomic E-state index is 6.19. The highest BCUT2D eigenvalue weighted by molar-refractivity contribution is 7.20. The Labute approximate surface area is 111 Å². The molecule has 0 amide bonds. The van der Waals surface area contributed by atoms with Gasteiger partial charge in [0.25, 0.3) is 0 Å². The Balaban J connectivity index is 2.10. The molecular formula is C11H16Cl2N2S. The summed E-state index contributed by atoms with van der Waals surface area (Å²) in [4.78, 5) is 2.46. The van der Waals surface area contributed by atoms with E-state index in [1.165, 1.54) is 23.3 Å². The van der Waals surface area contributed by atoms with Crippen LogP contribution in [0.1, 0.15) is 24.9 Å². The third kappa shape index (κ3) is 2.90. The Bertz CT molecular complexity index is 346. The molecule has 0 spiro atoms. The maximum absolute atomic E-state index is 6.19. The van der Waals surface area contributed by atoms with Crippen molar-refractivity contribution in [1.29, 1.82) is 0 Å². The first-order chi connectivity index (χ1) is 7.68. The molecule has 2 heterocycles. The van der Waals surface area contributed by atoms with Gasteiger partial charge in [-0.05, 0) is 32.5 Å². The van der Waals surface area contributed by atoms with Crippen molar-refractivity contribution >= 4 is 34.5 Å². The van der Waals surface area contributed by atoms with Crippen molar-refractivity contribution in [1.82, 2.24) is 10.2 Å². The predicted octanol–water partition coefficient (Wildman–Crippen LogP) is 3.41. The fourth-order valence-electron chi connectivity index (χ4n) is 2.09. The van der Waals surface area contributed by atoms with E-state index in [0.717, 1.165) is 34.9 Å². The Hall–Kier alpha value is 0.200. The van der Waals surface area contributed by atoms with Crippen molar-refractivity contribution in [3.8, 4) is 0 Å². The van der Waals surface area contributed by atoms with Gasteiger partial charge in [-0.2, -0.15) is 0 Å². The van der Waals surface area contributed by atoms with E-state index >= 15 is 0 Å². The van der Waals surface area contributed by atoms with E-state index in [1.54, 1.807) is 0 Å². The molecule has 0 radical (unpaired) electrons. The first-order valence-corrected chi connectivity index (χ1v) is 7.15. The first-order valence-electron chi connectivity index (χ1n) is 5.58. The van der Waals surface area contributed by atoms with Gasteiger partial charge in [0.05, 0.1) is 8.67 Å². The van der Waals surface area contributed by atoms with E-state index in [9.17, 15) is 0 Å². The summed E-state index contributed by atoms with van der Waals surface area (Å²) in [7, 11) is 0. The Morgan fingerprint density at radius 2 is 2.19 bits per heavy atom. The molecule has 1 aromatic rings. The lowest BCUT2D eigenvalue weighted by Gasteiger charge is -2.27. The van der Waals surface area contributed by atoms with E-state index in [1.807, 2.05) is 6.07 Å². The average Bonchev–Trinajstić information content (AvgIpc) is 2.49. The van der Waals surface area contributed by atoms with Crippen molar-refractivity contribution in [3.63, 3.8) is 0 Å². The van der Waals surface area contributed by atoms with Crippen LogP contribution in [0.2, 0.25) is 8.67 Å². The van der Waals surface area contributed by atoms with Gasteiger partial charge in [0.15, 0.2) is 0 Å². The van der Waals surface area contributed by atoms with Gasteiger partial charge in [-0.25, -0.2) is 0 Å². The molecule has 2 rings (SSSR count). The number of rotatable bonds is 2. The molecule has 0 aromatic carbocycles. The summed E-state index contributed by atoms with van der Waals surface area (Å²) < 4.78 is 1.61. The van der Waals surface area contributed by atoms with Crippen molar-refractivity contribution in [2.24, 2.45) is 0 Å². The third-order valence-electron chi connectivity index (χ3n) is 3.06. The molecule has 16 heavy (non-hydrogen) atoms. The van der Waals surface area contributed by atoms with Crippen LogP contribution in [-0.2, 0) is 0 Å². The molecule has 0 saturated carbocycles. The second-order valence-electron chi connectivity index (χ2n) is 4.10. The van der Waals surface area contributed by atoms with Crippen molar-refractivity contribution in [3.05, 3.63) is 20.3 Å². The minimum atomic E-state index is 0.358. The number of nitrogens with one attached hydrogen (secondary N) is 1. The molecule has 5 heteroatoms. The standard InChI is InChI=1S/C11H16Cl2N2S/c1-8(9-7-10(12)16-11(9)13)15-5-2-3-14-4-6-15/h7-8,14H,2-6H2,1H3. The van der Waals surface area contributed by atoms with E-state index in [4.69, 9.17) is 23.2 Å². The average molecular weight is 279 g/mol. The van der Waals surface area contributed by atoms with Gasteiger partial charge in [0, 0.05) is 24.7 Å². The van der Waals surface area contributed by atoms with Gasteiger partial charge in [0.2, 0.25) is 0 Å². The summed E-state index contributed by atoms with van der Waals surface area (Å²) in [6.45, 7) is 6.57. The van der Waals surface area contributed by atoms with Crippen LogP contribution in [0.4, 0.5) is 0 Å². The Morgan fingerprint density at radius 3 is 2.88 bits per heavy atom. The zero-order valence-electron chi connectivity index (χ0n) is 9.30. The molecule has 0 aliphatic carbocycles. The lowest BCUT2D eigenvalue weighted by molar-refractivity contribution is 0.226. The fraction of sp³-hybridized carbons (Fsp3) is 0.636. The molecule has 1 aliphatic rings. The molecule has 1 saturated heterocycles. The lowest BCUT2D eigenvalue weighted by atomic mass is 10.1. The van der Waals surface area contributed by atoms with Gasteiger partial charge in [0.1, 0.15) is 0 Å². The highest BCUT2D eigenvalue weighted by Gasteiger charge is 2.20. The molecular weight excluding hydrogens is 263 g/mol. The number of hydrogen-bond donors (Lipinski definition) is 1. The van der Waals surface area contributed by atoms with Gasteiger partial charge < -0.3 is 5.32 Å². The second-order valence-corrected chi connectivity index (χ2v) is 6.38. The number of hydrogen-bond acceptors (Lipinski definition) is 3. The molecule has 1 fully saturated rings. The normalized spacial score (nSPS) is 20.7. The number of halogens is 2. The van der Waals surface area contributed by atoms with Crippen LogP contribution in [0, 0.1) is 0 Å². The number of nitrogens with zero attached hydrogens (tertiary/aromatic N) is 1. The zero-order valence-corrected chi connectivity index (χ0v) is 11.6. The lowest BCUT2D eigenvalue weighted by Crippen LogP contribution is -2.30. The van der Waals surface area contributed by atoms with Crippen molar-refractivity contribution in [2.45, 2.75) is 19.4 Å². The zero-order chi connectivity index (χ0) is 11.5. The highest BCUT2D eigenvalue weighted by Crippen LogP contribution is 2.37. The number of thiophene rings is 1. The fourth-order valence-corrected chi connectivity index (χ4v) is 3.72. The smallest absolute Gasteiger partial charge is 0.0991 e. The van der Waals surface area contributed by atoms with Crippen LogP contribution in [0.5, 0.6) is 0 Å². The largest absolute Gasteiger partial charge is 0.315 e. The van der Waals surface area contributed by atoms with Crippen LogP contribution in [0.15, 0.2) is 6.07 Å². The van der Waals surface area contributed by atoms with E-state index < -0.39 is 0 Å². The van der Waals surface area contributed by atoms with Gasteiger partial charge >= 0.3 is 0 Å². The van der Waals surface area contributed by atoms with Crippen LogP contribution < -0.4 is 5.32 Å². The summed E-state index contributed by atoms with van der Waals surface area (Å²) in [6, 6.07) is 2.36. The van der Waals surface area contributed by atoms with E-state index in [2.05, 4.69) is 17.1 Å². The van der Waals surface area contributed by atoms with Gasteiger partial charge in [-0.15, -0.1) is 11.3 Å². The quantitative estimate of drug-likeness (QED) is 0.892. The summed E-state index contributed by atoms with van der Waals surface area (Å²) in [5.74, 6) is 0. The monoisotopic (exact) mass is 278 g/mol. The van der Waals surface area contributed by atoms with Crippen molar-refractivity contribution < 1.29 is 0 Å². The van der Waals surface area contributed by atoms with Crippen molar-refractivity contribution in [2.75, 3.05) is 26.2 Å². The molecule has 1 N–H and O–H groups in total. The first kappa shape index (κ1) is 12.7. The summed E-state index contributed by atoms with van der Waals surface area (Å²) >= 11 is 13.6. The Morgan fingerprint density at radius 1 is 1.38 bits per heavy atom. The molecule has 1 aliphatic heterocycles. The molecule has 1 aromatic heterocycles. The summed E-state index contributed by atoms with van der Waals surface area (Å²) in [5, 5.41) is 3.41. The summed E-state index contributed by atoms with van der Waals surface area (Å²) in [6.07, 6.45) is 1.19. The van der Waals surface area contributed by atoms with Gasteiger partial charge in [-0.1, -0.05) is 23.2 Å². The highest BCUT2D eigenvalue weighted by atomic mass is 35.5. The second kappa shape index (κ2) is 5.69. The van der Waals surface area contributed by atoms with Crippen LogP contribution >= 0.6 is 34.5 Å². The third-order valence-corrected chi connectivity index (χ3v) is 4.57. The van der Waals surface area contributed by atoms with Gasteiger partial charge in [-0.3, -0.25) is 4.90 Å². The predicted molar refractivity (Wildman–Crippen MR) is 71.8 cm³/mol. The van der Waals surface area contributed by atoms with E-state index in [0.29, 0.717) is 6.04 Å². The molecule has 1 unspecified atom stereocenters. The SMILES string of the molecule is CC(c1cc(Cl)sc1Cl)N1CCCNCC1.